The normalized spacial score (nSPS) is 14.5. The zero-order valence-corrected chi connectivity index (χ0v) is 15.1. The number of rotatable bonds is 6. The number of hydrogen-bond acceptors (Lipinski definition) is 5. The highest BCUT2D eigenvalue weighted by atomic mass is 35.5. The molecule has 1 atom stereocenters. The van der Waals surface area contributed by atoms with Crippen molar-refractivity contribution in [3.8, 4) is 11.5 Å². The molecular formula is C17H18ClNO5S. The summed E-state index contributed by atoms with van der Waals surface area (Å²) in [7, 11) is -3.69. The van der Waals surface area contributed by atoms with Gasteiger partial charge in [-0.15, -0.1) is 0 Å². The first-order valence-corrected chi connectivity index (χ1v) is 9.56. The number of sulfonamides is 1. The summed E-state index contributed by atoms with van der Waals surface area (Å²) in [5, 5.41) is 10.6. The number of fused-ring (bicyclic) bond motifs is 1. The molecule has 2 aromatic rings. The zero-order valence-electron chi connectivity index (χ0n) is 13.5. The minimum atomic E-state index is -3.69. The van der Waals surface area contributed by atoms with E-state index >= 15 is 0 Å². The van der Waals surface area contributed by atoms with Crippen molar-refractivity contribution in [3.05, 3.63) is 52.5 Å². The molecule has 0 spiro atoms. The number of aryl methyl sites for hydroxylation is 1. The van der Waals surface area contributed by atoms with Gasteiger partial charge in [0.1, 0.15) is 0 Å². The molecular weight excluding hydrogens is 366 g/mol. The van der Waals surface area contributed by atoms with Crippen LogP contribution in [0.25, 0.3) is 0 Å². The Bertz CT molecular complexity index is 885. The van der Waals surface area contributed by atoms with Gasteiger partial charge in [0.05, 0.1) is 11.0 Å². The zero-order chi connectivity index (χ0) is 18.0. The van der Waals surface area contributed by atoms with Gasteiger partial charge in [-0.25, -0.2) is 13.1 Å². The number of nitrogens with one attached hydrogen (secondary N) is 1. The summed E-state index contributed by atoms with van der Waals surface area (Å²) in [4.78, 5) is 0.137. The molecule has 25 heavy (non-hydrogen) atoms. The van der Waals surface area contributed by atoms with Crippen molar-refractivity contribution in [1.82, 2.24) is 4.72 Å². The predicted octanol–water partition coefficient (Wildman–Crippen LogP) is 2.78. The van der Waals surface area contributed by atoms with Crippen molar-refractivity contribution in [1.29, 1.82) is 0 Å². The summed E-state index contributed by atoms with van der Waals surface area (Å²) < 4.78 is 37.8. The predicted molar refractivity (Wildman–Crippen MR) is 93.5 cm³/mol. The number of aliphatic hydroxyl groups excluding tert-OH is 1. The molecule has 1 unspecified atom stereocenters. The quantitative estimate of drug-likeness (QED) is 0.801. The monoisotopic (exact) mass is 383 g/mol. The molecule has 2 aromatic carbocycles. The van der Waals surface area contributed by atoms with Gasteiger partial charge in [0, 0.05) is 11.6 Å². The molecule has 6 nitrogen and oxygen atoms in total. The van der Waals surface area contributed by atoms with Crippen LogP contribution in [-0.2, 0) is 10.0 Å². The fourth-order valence-electron chi connectivity index (χ4n) is 2.56. The molecule has 134 valence electrons. The average Bonchev–Trinajstić information content (AvgIpc) is 3.04. The lowest BCUT2D eigenvalue weighted by molar-refractivity contribution is 0.166. The van der Waals surface area contributed by atoms with Crippen molar-refractivity contribution in [3.63, 3.8) is 0 Å². The first-order chi connectivity index (χ1) is 11.9. The topological polar surface area (TPSA) is 84.9 Å². The van der Waals surface area contributed by atoms with Gasteiger partial charge in [0.2, 0.25) is 16.8 Å². The number of benzene rings is 2. The Morgan fingerprint density at radius 2 is 1.96 bits per heavy atom. The number of ether oxygens (including phenoxy) is 2. The van der Waals surface area contributed by atoms with E-state index in [4.69, 9.17) is 21.1 Å². The highest BCUT2D eigenvalue weighted by molar-refractivity contribution is 7.89. The van der Waals surface area contributed by atoms with E-state index in [-0.39, 0.29) is 24.7 Å². The Kier molecular flexibility index (Phi) is 5.19. The summed E-state index contributed by atoms with van der Waals surface area (Å²) in [6.07, 6.45) is -0.601. The van der Waals surface area contributed by atoms with Crippen molar-refractivity contribution >= 4 is 21.6 Å². The van der Waals surface area contributed by atoms with Crippen LogP contribution in [0.3, 0.4) is 0 Å². The molecule has 0 amide bonds. The Morgan fingerprint density at radius 3 is 2.76 bits per heavy atom. The molecule has 1 heterocycles. The highest BCUT2D eigenvalue weighted by Crippen LogP contribution is 2.34. The van der Waals surface area contributed by atoms with Gasteiger partial charge in [-0.2, -0.15) is 0 Å². The molecule has 0 fully saturated rings. The summed E-state index contributed by atoms with van der Waals surface area (Å²) in [6, 6.07) is 9.85. The molecule has 1 aliphatic rings. The molecule has 3 rings (SSSR count). The second-order valence-corrected chi connectivity index (χ2v) is 7.90. The third kappa shape index (κ3) is 4.07. The van der Waals surface area contributed by atoms with E-state index < -0.39 is 16.1 Å². The van der Waals surface area contributed by atoms with E-state index in [1.54, 1.807) is 37.3 Å². The first-order valence-electron chi connectivity index (χ1n) is 7.70. The molecule has 8 heteroatoms. The lowest BCUT2D eigenvalue weighted by Gasteiger charge is -2.13. The van der Waals surface area contributed by atoms with Crippen LogP contribution in [0.15, 0.2) is 41.3 Å². The van der Waals surface area contributed by atoms with Gasteiger partial charge in [-0.05, 0) is 48.7 Å². The second kappa shape index (κ2) is 7.21. The smallest absolute Gasteiger partial charge is 0.240 e. The molecule has 0 bridgehead atoms. The van der Waals surface area contributed by atoms with Gasteiger partial charge >= 0.3 is 0 Å². The maximum atomic E-state index is 12.4. The Balaban J connectivity index is 1.63. The second-order valence-electron chi connectivity index (χ2n) is 5.72. The van der Waals surface area contributed by atoms with Crippen molar-refractivity contribution in [2.24, 2.45) is 0 Å². The fraction of sp³-hybridized carbons (Fsp3) is 0.294. The van der Waals surface area contributed by atoms with E-state index in [2.05, 4.69) is 4.72 Å². The summed E-state index contributed by atoms with van der Waals surface area (Å²) in [5.74, 6) is 1.21. The van der Waals surface area contributed by atoms with Crippen LogP contribution >= 0.6 is 11.6 Å². The fourth-order valence-corrected chi connectivity index (χ4v) is 4.11. The molecule has 1 aliphatic heterocycles. The van der Waals surface area contributed by atoms with Crippen LogP contribution in [0.4, 0.5) is 0 Å². The molecule has 0 saturated heterocycles. The van der Waals surface area contributed by atoms with Crippen LogP contribution < -0.4 is 14.2 Å². The maximum absolute atomic E-state index is 12.4. The Hall–Kier alpha value is -1.80. The minimum absolute atomic E-state index is 0.0872. The van der Waals surface area contributed by atoms with Crippen molar-refractivity contribution < 1.29 is 23.0 Å². The van der Waals surface area contributed by atoms with Crippen LogP contribution in [0.1, 0.15) is 23.7 Å². The van der Waals surface area contributed by atoms with Crippen LogP contribution in [0.5, 0.6) is 11.5 Å². The molecule has 0 aromatic heterocycles. The Morgan fingerprint density at radius 1 is 1.20 bits per heavy atom. The van der Waals surface area contributed by atoms with Gasteiger partial charge in [-0.3, -0.25) is 0 Å². The largest absolute Gasteiger partial charge is 0.454 e. The third-order valence-electron chi connectivity index (χ3n) is 3.93. The van der Waals surface area contributed by atoms with Crippen LogP contribution in [0.2, 0.25) is 5.02 Å². The molecule has 0 saturated carbocycles. The number of aliphatic hydroxyl groups is 1. The van der Waals surface area contributed by atoms with E-state index in [1.165, 1.54) is 6.07 Å². The van der Waals surface area contributed by atoms with Crippen LogP contribution in [-0.4, -0.2) is 26.9 Å². The minimum Gasteiger partial charge on any atom is -0.454 e. The van der Waals surface area contributed by atoms with Crippen molar-refractivity contribution in [2.75, 3.05) is 13.3 Å². The van der Waals surface area contributed by atoms with Crippen molar-refractivity contribution in [2.45, 2.75) is 24.3 Å². The number of halogens is 1. The number of hydrogen-bond donors (Lipinski definition) is 2. The third-order valence-corrected chi connectivity index (χ3v) is 5.77. The molecule has 0 radical (unpaired) electrons. The van der Waals surface area contributed by atoms with Gasteiger partial charge in [0.25, 0.3) is 0 Å². The molecule has 0 aliphatic carbocycles. The summed E-state index contributed by atoms with van der Waals surface area (Å²) in [5.41, 5.74) is 1.25. The standard InChI is InChI=1S/C17H18ClNO5S/c1-11-2-4-13(18)9-17(11)25(21,22)19-7-6-14(20)12-3-5-15-16(8-12)24-10-23-15/h2-5,8-9,14,19-20H,6-7,10H2,1H3. The summed E-state index contributed by atoms with van der Waals surface area (Å²) in [6.45, 7) is 1.95. The van der Waals surface area contributed by atoms with Crippen LogP contribution in [0, 0.1) is 6.92 Å². The van der Waals surface area contributed by atoms with Gasteiger partial charge in [0.15, 0.2) is 11.5 Å². The first kappa shape index (κ1) is 18.0. The lowest BCUT2D eigenvalue weighted by atomic mass is 10.1. The molecule has 2 N–H and O–H groups in total. The van der Waals surface area contributed by atoms with E-state index in [0.717, 1.165) is 0 Å². The van der Waals surface area contributed by atoms with Gasteiger partial charge in [-0.1, -0.05) is 23.7 Å². The van der Waals surface area contributed by atoms with E-state index in [1.807, 2.05) is 0 Å². The maximum Gasteiger partial charge on any atom is 0.240 e. The summed E-state index contributed by atoms with van der Waals surface area (Å²) >= 11 is 5.88. The van der Waals surface area contributed by atoms with Gasteiger partial charge < -0.3 is 14.6 Å². The van der Waals surface area contributed by atoms with E-state index in [9.17, 15) is 13.5 Å². The van der Waals surface area contributed by atoms with E-state index in [0.29, 0.717) is 27.6 Å². The lowest BCUT2D eigenvalue weighted by Crippen LogP contribution is -2.26. The average molecular weight is 384 g/mol. The Labute approximate surface area is 151 Å². The SMILES string of the molecule is Cc1ccc(Cl)cc1S(=O)(=O)NCCC(O)c1ccc2c(c1)OCO2. The highest BCUT2D eigenvalue weighted by Gasteiger charge is 2.19.